The van der Waals surface area contributed by atoms with Gasteiger partial charge in [0, 0.05) is 0 Å². The Morgan fingerprint density at radius 3 is 2.78 bits per heavy atom. The summed E-state index contributed by atoms with van der Waals surface area (Å²) in [6, 6.07) is 6.21. The van der Waals surface area contributed by atoms with E-state index in [0.29, 0.717) is 0 Å². The largest absolute Gasteiger partial charge is 0.492 e. The smallest absolute Gasteiger partial charge is 0.133 e. The molecule has 0 saturated heterocycles. The second kappa shape index (κ2) is 6.81. The first-order valence-electron chi connectivity index (χ1n) is 6.77. The molecule has 1 atom stereocenters. The third kappa shape index (κ3) is 3.64. The summed E-state index contributed by atoms with van der Waals surface area (Å²) < 4.78 is 6.65. The fourth-order valence-corrected chi connectivity index (χ4v) is 3.10. The molecule has 0 spiro atoms. The van der Waals surface area contributed by atoms with Crippen LogP contribution in [0.2, 0.25) is 0 Å². The second-order valence-corrected chi connectivity index (χ2v) is 6.42. The van der Waals surface area contributed by atoms with Crippen molar-refractivity contribution < 1.29 is 4.74 Å². The van der Waals surface area contributed by atoms with E-state index in [9.17, 15) is 0 Å². The van der Waals surface area contributed by atoms with E-state index in [1.165, 1.54) is 24.8 Å². The van der Waals surface area contributed by atoms with E-state index in [1.54, 1.807) is 0 Å². The maximum absolute atomic E-state index is 6.48. The summed E-state index contributed by atoms with van der Waals surface area (Å²) in [5.74, 6) is 1.75. The van der Waals surface area contributed by atoms with Gasteiger partial charge in [-0.2, -0.15) is 0 Å². The number of hydrogen-bond donors (Lipinski definition) is 0. The third-order valence-corrected chi connectivity index (χ3v) is 4.59. The molecule has 0 aliphatic heterocycles. The fraction of sp³-hybridized carbons (Fsp3) is 0.600. The summed E-state index contributed by atoms with van der Waals surface area (Å²) in [5, 5.41) is 0.131. The van der Waals surface area contributed by atoms with Crippen molar-refractivity contribution in [2.75, 3.05) is 6.61 Å². The Morgan fingerprint density at radius 2 is 2.22 bits per heavy atom. The maximum Gasteiger partial charge on any atom is 0.133 e. The van der Waals surface area contributed by atoms with Crippen LogP contribution in [0, 0.1) is 5.92 Å². The van der Waals surface area contributed by atoms with Gasteiger partial charge in [-0.1, -0.05) is 32.3 Å². The van der Waals surface area contributed by atoms with Crippen molar-refractivity contribution in [2.45, 2.75) is 44.4 Å². The highest BCUT2D eigenvalue weighted by atomic mass is 79.9. The normalized spacial score (nSPS) is 17.3. The number of ether oxygens (including phenoxy) is 1. The molecule has 100 valence electrons. The molecular weight excluding hydrogens is 312 g/mol. The van der Waals surface area contributed by atoms with Gasteiger partial charge in [-0.3, -0.25) is 0 Å². The molecule has 2 rings (SSSR count). The third-order valence-electron chi connectivity index (χ3n) is 3.54. The van der Waals surface area contributed by atoms with E-state index in [0.717, 1.165) is 35.6 Å². The van der Waals surface area contributed by atoms with Crippen molar-refractivity contribution in [2.24, 2.45) is 5.92 Å². The van der Waals surface area contributed by atoms with Crippen LogP contribution >= 0.6 is 27.5 Å². The Hall–Kier alpha value is -0.210. The molecule has 1 aliphatic rings. The molecule has 1 aromatic rings. The van der Waals surface area contributed by atoms with Gasteiger partial charge in [-0.25, -0.2) is 0 Å². The Labute approximate surface area is 123 Å². The van der Waals surface area contributed by atoms with Crippen LogP contribution in [0.1, 0.15) is 50.0 Å². The minimum atomic E-state index is 0.131. The molecular formula is C15H20BrClO. The van der Waals surface area contributed by atoms with Crippen LogP contribution in [0.3, 0.4) is 0 Å². The Balaban J connectivity index is 1.97. The number of rotatable bonds is 6. The molecule has 1 aromatic carbocycles. The second-order valence-electron chi connectivity index (χ2n) is 5.04. The van der Waals surface area contributed by atoms with E-state index in [1.807, 2.05) is 6.07 Å². The fourth-order valence-electron chi connectivity index (χ4n) is 2.20. The van der Waals surface area contributed by atoms with Crippen LogP contribution in [0.5, 0.6) is 5.75 Å². The lowest BCUT2D eigenvalue weighted by Crippen LogP contribution is -2.12. The summed E-state index contributed by atoms with van der Waals surface area (Å²) in [4.78, 5) is 0. The van der Waals surface area contributed by atoms with Crippen LogP contribution in [0.15, 0.2) is 22.7 Å². The minimum absolute atomic E-state index is 0.131. The number of alkyl halides is 1. The first kappa shape index (κ1) is 14.2. The Bertz CT molecular complexity index is 390. The van der Waals surface area contributed by atoms with Crippen LogP contribution in [-0.2, 0) is 0 Å². The highest BCUT2D eigenvalue weighted by Gasteiger charge is 2.22. The average molecular weight is 332 g/mol. The first-order valence-corrected chi connectivity index (χ1v) is 8.00. The number of halogens is 2. The van der Waals surface area contributed by atoms with Crippen molar-refractivity contribution >= 4 is 27.5 Å². The zero-order chi connectivity index (χ0) is 13.0. The predicted octanol–water partition coefficient (Wildman–Crippen LogP) is 5.71. The topological polar surface area (TPSA) is 9.23 Å². The van der Waals surface area contributed by atoms with E-state index in [2.05, 4.69) is 35.0 Å². The van der Waals surface area contributed by atoms with Gasteiger partial charge in [-0.05, 0) is 52.4 Å². The summed E-state index contributed by atoms with van der Waals surface area (Å²) >= 11 is 10.0. The van der Waals surface area contributed by atoms with Crippen molar-refractivity contribution in [1.29, 1.82) is 0 Å². The predicted molar refractivity (Wildman–Crippen MR) is 80.5 cm³/mol. The molecule has 0 heterocycles. The zero-order valence-corrected chi connectivity index (χ0v) is 13.1. The molecule has 18 heavy (non-hydrogen) atoms. The molecule has 1 nitrogen and oxygen atoms in total. The molecule has 0 N–H and O–H groups in total. The van der Waals surface area contributed by atoms with Crippen LogP contribution in [0.4, 0.5) is 0 Å². The molecule has 0 amide bonds. The van der Waals surface area contributed by atoms with Gasteiger partial charge in [0.2, 0.25) is 0 Å². The van der Waals surface area contributed by atoms with Gasteiger partial charge < -0.3 is 4.74 Å². The SMILES string of the molecule is CCCOc1ccc(C(Cl)CC2CCC2)cc1Br. The van der Waals surface area contributed by atoms with Crippen molar-refractivity contribution in [3.63, 3.8) is 0 Å². The molecule has 0 aromatic heterocycles. The van der Waals surface area contributed by atoms with Gasteiger partial charge in [-0.15, -0.1) is 11.6 Å². The van der Waals surface area contributed by atoms with Crippen molar-refractivity contribution in [3.8, 4) is 5.75 Å². The molecule has 0 bridgehead atoms. The average Bonchev–Trinajstić information content (AvgIpc) is 2.32. The van der Waals surface area contributed by atoms with E-state index >= 15 is 0 Å². The summed E-state index contributed by atoms with van der Waals surface area (Å²) in [6.45, 7) is 2.86. The monoisotopic (exact) mass is 330 g/mol. The zero-order valence-electron chi connectivity index (χ0n) is 10.8. The lowest BCUT2D eigenvalue weighted by atomic mass is 9.81. The Kier molecular flexibility index (Phi) is 5.38. The number of hydrogen-bond acceptors (Lipinski definition) is 1. The lowest BCUT2D eigenvalue weighted by molar-refractivity contribution is 0.293. The minimum Gasteiger partial charge on any atom is -0.492 e. The van der Waals surface area contributed by atoms with Crippen molar-refractivity contribution in [1.82, 2.24) is 0 Å². The molecule has 1 saturated carbocycles. The lowest BCUT2D eigenvalue weighted by Gasteiger charge is -2.27. The van der Waals surface area contributed by atoms with Crippen molar-refractivity contribution in [3.05, 3.63) is 28.2 Å². The molecule has 3 heteroatoms. The maximum atomic E-state index is 6.48. The summed E-state index contributed by atoms with van der Waals surface area (Å²) in [6.07, 6.45) is 6.20. The molecule has 1 unspecified atom stereocenters. The van der Waals surface area contributed by atoms with E-state index in [-0.39, 0.29) is 5.38 Å². The summed E-state index contributed by atoms with van der Waals surface area (Å²) in [7, 11) is 0. The highest BCUT2D eigenvalue weighted by molar-refractivity contribution is 9.10. The molecule has 0 radical (unpaired) electrons. The van der Waals surface area contributed by atoms with Gasteiger partial charge >= 0.3 is 0 Å². The molecule has 1 aliphatic carbocycles. The van der Waals surface area contributed by atoms with Crippen LogP contribution < -0.4 is 4.74 Å². The van der Waals surface area contributed by atoms with Crippen LogP contribution in [-0.4, -0.2) is 6.61 Å². The van der Waals surface area contributed by atoms with Gasteiger partial charge in [0.15, 0.2) is 0 Å². The highest BCUT2D eigenvalue weighted by Crippen LogP contribution is 2.39. The van der Waals surface area contributed by atoms with Gasteiger partial charge in [0.1, 0.15) is 5.75 Å². The van der Waals surface area contributed by atoms with Gasteiger partial charge in [0.05, 0.1) is 16.5 Å². The standard InChI is InChI=1S/C15H20BrClO/c1-2-8-18-15-7-6-12(10-13(15)16)14(17)9-11-4-3-5-11/h6-7,10-11,14H,2-5,8-9H2,1H3. The van der Waals surface area contributed by atoms with E-state index in [4.69, 9.17) is 16.3 Å². The van der Waals surface area contributed by atoms with Crippen LogP contribution in [0.25, 0.3) is 0 Å². The molecule has 1 fully saturated rings. The number of benzene rings is 1. The quantitative estimate of drug-likeness (QED) is 0.607. The van der Waals surface area contributed by atoms with Gasteiger partial charge in [0.25, 0.3) is 0 Å². The summed E-state index contributed by atoms with van der Waals surface area (Å²) in [5.41, 5.74) is 1.19. The Morgan fingerprint density at radius 1 is 1.44 bits per heavy atom. The van der Waals surface area contributed by atoms with E-state index < -0.39 is 0 Å². The first-order chi connectivity index (χ1) is 8.70.